The van der Waals surface area contributed by atoms with Crippen LogP contribution in [-0.4, -0.2) is 19.6 Å². The highest BCUT2D eigenvalue weighted by molar-refractivity contribution is 5.96. The van der Waals surface area contributed by atoms with Gasteiger partial charge in [-0.2, -0.15) is 5.26 Å². The second-order valence-electron chi connectivity index (χ2n) is 3.98. The maximum atomic E-state index is 11.7. The molecule has 0 N–H and O–H groups in total. The lowest BCUT2D eigenvalue weighted by molar-refractivity contribution is -0.117. The number of amides is 1. The zero-order valence-electron chi connectivity index (χ0n) is 9.77. The molecule has 0 aliphatic carbocycles. The molecule has 1 aliphatic rings. The molecule has 88 valence electrons. The maximum absolute atomic E-state index is 11.7. The number of carbonyl (C=O) groups is 1. The predicted octanol–water partition coefficient (Wildman–Crippen LogP) is 1.89. The van der Waals surface area contributed by atoms with E-state index in [2.05, 4.69) is 6.07 Å². The molecule has 0 saturated carbocycles. The van der Waals surface area contributed by atoms with Gasteiger partial charge in [0.15, 0.2) is 0 Å². The van der Waals surface area contributed by atoms with Crippen LogP contribution in [0.1, 0.15) is 18.4 Å². The number of methoxy groups -OCH3 is 1. The van der Waals surface area contributed by atoms with Crippen LogP contribution in [0.2, 0.25) is 0 Å². The number of nitrogens with zero attached hydrogens (tertiary/aromatic N) is 2. The minimum atomic E-state index is 0.134. The van der Waals surface area contributed by atoms with Gasteiger partial charge in [0, 0.05) is 18.7 Å². The number of ether oxygens (including phenoxy) is 1. The van der Waals surface area contributed by atoms with Gasteiger partial charge >= 0.3 is 0 Å². The quantitative estimate of drug-likeness (QED) is 0.796. The van der Waals surface area contributed by atoms with Gasteiger partial charge in [-0.05, 0) is 30.2 Å². The fourth-order valence-corrected chi connectivity index (χ4v) is 2.08. The molecule has 0 atom stereocenters. The molecular formula is C13H14N2O2. The van der Waals surface area contributed by atoms with Crippen molar-refractivity contribution in [2.24, 2.45) is 0 Å². The van der Waals surface area contributed by atoms with Gasteiger partial charge in [0.05, 0.1) is 19.6 Å². The molecule has 1 aromatic carbocycles. The third-order valence-corrected chi connectivity index (χ3v) is 2.92. The largest absolute Gasteiger partial charge is 0.497 e. The Bertz CT molecular complexity index is 477. The van der Waals surface area contributed by atoms with E-state index in [1.807, 2.05) is 18.2 Å². The zero-order chi connectivity index (χ0) is 12.3. The lowest BCUT2D eigenvalue weighted by atomic mass is 10.1. The molecule has 1 aromatic rings. The normalized spacial score (nSPS) is 14.8. The number of rotatable bonds is 3. The highest BCUT2D eigenvalue weighted by atomic mass is 16.5. The third-order valence-electron chi connectivity index (χ3n) is 2.92. The fourth-order valence-electron chi connectivity index (χ4n) is 2.08. The molecule has 4 heteroatoms. The summed E-state index contributed by atoms with van der Waals surface area (Å²) >= 11 is 0. The smallest absolute Gasteiger partial charge is 0.227 e. The molecule has 0 bridgehead atoms. The van der Waals surface area contributed by atoms with E-state index in [1.54, 1.807) is 12.0 Å². The Morgan fingerprint density at radius 1 is 1.53 bits per heavy atom. The zero-order valence-corrected chi connectivity index (χ0v) is 9.77. The molecule has 0 radical (unpaired) electrons. The van der Waals surface area contributed by atoms with Gasteiger partial charge in [-0.3, -0.25) is 4.79 Å². The van der Waals surface area contributed by atoms with Gasteiger partial charge in [0.2, 0.25) is 5.91 Å². The number of nitriles is 1. The molecule has 0 aromatic heterocycles. The summed E-state index contributed by atoms with van der Waals surface area (Å²) in [6, 6.07) is 7.62. The Kier molecular flexibility index (Phi) is 3.29. The number of hydrogen-bond acceptors (Lipinski definition) is 3. The third kappa shape index (κ3) is 2.23. The van der Waals surface area contributed by atoms with Gasteiger partial charge < -0.3 is 9.64 Å². The first-order valence-electron chi connectivity index (χ1n) is 5.60. The number of hydrogen-bond donors (Lipinski definition) is 0. The molecule has 17 heavy (non-hydrogen) atoms. The van der Waals surface area contributed by atoms with Crippen LogP contribution in [0, 0.1) is 11.3 Å². The minimum absolute atomic E-state index is 0.134. The van der Waals surface area contributed by atoms with Gasteiger partial charge in [-0.25, -0.2) is 0 Å². The van der Waals surface area contributed by atoms with Crippen molar-refractivity contribution in [3.63, 3.8) is 0 Å². The van der Waals surface area contributed by atoms with Crippen molar-refractivity contribution >= 4 is 11.6 Å². The van der Waals surface area contributed by atoms with Gasteiger partial charge in [-0.15, -0.1) is 0 Å². The Labute approximate surface area is 100 Å². The van der Waals surface area contributed by atoms with Crippen molar-refractivity contribution in [2.45, 2.75) is 19.3 Å². The van der Waals surface area contributed by atoms with Crippen LogP contribution in [-0.2, 0) is 11.2 Å². The molecule has 2 rings (SSSR count). The number of carbonyl (C=O) groups excluding carboxylic acids is 1. The van der Waals surface area contributed by atoms with Crippen LogP contribution < -0.4 is 9.64 Å². The minimum Gasteiger partial charge on any atom is -0.497 e. The second-order valence-corrected chi connectivity index (χ2v) is 3.98. The Balaban J connectivity index is 2.38. The molecule has 1 heterocycles. The van der Waals surface area contributed by atoms with Crippen LogP contribution in [0.5, 0.6) is 5.75 Å². The number of anilines is 1. The monoisotopic (exact) mass is 230 g/mol. The van der Waals surface area contributed by atoms with E-state index in [0.29, 0.717) is 12.2 Å². The van der Waals surface area contributed by atoms with Gasteiger partial charge in [-0.1, -0.05) is 0 Å². The van der Waals surface area contributed by atoms with Crippen molar-refractivity contribution in [1.29, 1.82) is 5.26 Å². The molecule has 0 spiro atoms. The summed E-state index contributed by atoms with van der Waals surface area (Å²) in [5.74, 6) is 0.847. The summed E-state index contributed by atoms with van der Waals surface area (Å²) in [6.07, 6.45) is 1.77. The SMILES string of the molecule is COc1ccc(N2CCCC2=O)c(CC#N)c1. The van der Waals surface area contributed by atoms with E-state index < -0.39 is 0 Å². The lowest BCUT2D eigenvalue weighted by Crippen LogP contribution is -2.24. The van der Waals surface area contributed by atoms with Crippen LogP contribution in [0.15, 0.2) is 18.2 Å². The van der Waals surface area contributed by atoms with E-state index >= 15 is 0 Å². The van der Waals surface area contributed by atoms with E-state index in [4.69, 9.17) is 10.00 Å². The summed E-state index contributed by atoms with van der Waals surface area (Å²) < 4.78 is 5.13. The molecule has 1 aliphatic heterocycles. The summed E-state index contributed by atoms with van der Waals surface area (Å²) in [5, 5.41) is 8.82. The van der Waals surface area contributed by atoms with E-state index in [0.717, 1.165) is 24.2 Å². The first-order valence-corrected chi connectivity index (χ1v) is 5.60. The van der Waals surface area contributed by atoms with E-state index in [9.17, 15) is 4.79 Å². The molecule has 1 fully saturated rings. The average Bonchev–Trinajstić information content (AvgIpc) is 2.76. The Hall–Kier alpha value is -2.02. The van der Waals surface area contributed by atoms with Crippen molar-refractivity contribution in [2.75, 3.05) is 18.6 Å². The first kappa shape index (κ1) is 11.5. The average molecular weight is 230 g/mol. The van der Waals surface area contributed by atoms with Crippen molar-refractivity contribution in [3.05, 3.63) is 23.8 Å². The predicted molar refractivity (Wildman–Crippen MR) is 63.9 cm³/mol. The molecular weight excluding hydrogens is 216 g/mol. The molecule has 1 saturated heterocycles. The Morgan fingerprint density at radius 2 is 2.35 bits per heavy atom. The van der Waals surface area contributed by atoms with Crippen LogP contribution >= 0.6 is 0 Å². The van der Waals surface area contributed by atoms with Crippen LogP contribution in [0.25, 0.3) is 0 Å². The van der Waals surface area contributed by atoms with Crippen LogP contribution in [0.3, 0.4) is 0 Å². The second kappa shape index (κ2) is 4.88. The summed E-state index contributed by atoms with van der Waals surface area (Å²) in [6.45, 7) is 0.740. The topological polar surface area (TPSA) is 53.3 Å². The van der Waals surface area contributed by atoms with Crippen molar-refractivity contribution < 1.29 is 9.53 Å². The van der Waals surface area contributed by atoms with Crippen molar-refractivity contribution in [1.82, 2.24) is 0 Å². The lowest BCUT2D eigenvalue weighted by Gasteiger charge is -2.19. The highest BCUT2D eigenvalue weighted by Gasteiger charge is 2.23. The van der Waals surface area contributed by atoms with E-state index in [1.165, 1.54) is 0 Å². The van der Waals surface area contributed by atoms with Gasteiger partial charge in [0.25, 0.3) is 0 Å². The maximum Gasteiger partial charge on any atom is 0.227 e. The summed E-state index contributed by atoms with van der Waals surface area (Å²) in [7, 11) is 1.59. The number of benzene rings is 1. The summed E-state index contributed by atoms with van der Waals surface area (Å²) in [5.41, 5.74) is 1.69. The summed E-state index contributed by atoms with van der Waals surface area (Å²) in [4.78, 5) is 13.5. The highest BCUT2D eigenvalue weighted by Crippen LogP contribution is 2.29. The van der Waals surface area contributed by atoms with Crippen LogP contribution in [0.4, 0.5) is 5.69 Å². The molecule has 1 amide bonds. The molecule has 4 nitrogen and oxygen atoms in total. The van der Waals surface area contributed by atoms with Crippen molar-refractivity contribution in [3.8, 4) is 11.8 Å². The van der Waals surface area contributed by atoms with E-state index in [-0.39, 0.29) is 12.3 Å². The molecule has 0 unspecified atom stereocenters. The fraction of sp³-hybridized carbons (Fsp3) is 0.385. The Morgan fingerprint density at radius 3 is 2.94 bits per heavy atom. The van der Waals surface area contributed by atoms with Gasteiger partial charge in [0.1, 0.15) is 5.75 Å². The first-order chi connectivity index (χ1) is 8.26. The standard InChI is InChI=1S/C13H14N2O2/c1-17-11-4-5-12(10(9-11)6-7-14)15-8-2-3-13(15)16/h4-5,9H,2-3,6,8H2,1H3.